The van der Waals surface area contributed by atoms with E-state index in [-0.39, 0.29) is 6.04 Å². The summed E-state index contributed by atoms with van der Waals surface area (Å²) < 4.78 is 1.88. The van der Waals surface area contributed by atoms with E-state index in [2.05, 4.69) is 15.7 Å². The van der Waals surface area contributed by atoms with Gasteiger partial charge in [-0.1, -0.05) is 23.7 Å². The summed E-state index contributed by atoms with van der Waals surface area (Å²) in [5, 5.41) is 4.05. The summed E-state index contributed by atoms with van der Waals surface area (Å²) in [5.74, 6) is 1.10. The van der Waals surface area contributed by atoms with Crippen LogP contribution in [0, 0.1) is 5.92 Å². The van der Waals surface area contributed by atoms with E-state index in [4.69, 9.17) is 23.1 Å². The number of hydrogen-bond acceptors (Lipinski definition) is 5. The third-order valence-corrected chi connectivity index (χ3v) is 5.50. The molecule has 0 bridgehead atoms. The van der Waals surface area contributed by atoms with E-state index in [1.807, 2.05) is 41.2 Å². The summed E-state index contributed by atoms with van der Waals surface area (Å²) in [4.78, 5) is 4.44. The first-order chi connectivity index (χ1) is 12.0. The van der Waals surface area contributed by atoms with Crippen LogP contribution in [0.5, 0.6) is 0 Å². The second-order valence-electron chi connectivity index (χ2n) is 6.94. The average molecular weight is 359 g/mol. The number of nitrogens with two attached hydrogens (primary N) is 2. The average Bonchev–Trinajstić information content (AvgIpc) is 3.05. The van der Waals surface area contributed by atoms with Crippen molar-refractivity contribution in [3.8, 4) is 0 Å². The maximum Gasteiger partial charge on any atom is 0.174 e. The molecule has 1 unspecified atom stereocenters. The van der Waals surface area contributed by atoms with Crippen molar-refractivity contribution in [2.75, 3.05) is 10.7 Å². The third kappa shape index (κ3) is 3.13. The number of halogens is 1. The summed E-state index contributed by atoms with van der Waals surface area (Å²) in [5.41, 5.74) is 17.3. The van der Waals surface area contributed by atoms with Crippen LogP contribution in [0.3, 0.4) is 0 Å². The van der Waals surface area contributed by atoms with Crippen molar-refractivity contribution in [2.45, 2.75) is 37.4 Å². The van der Waals surface area contributed by atoms with Crippen molar-refractivity contribution < 1.29 is 0 Å². The van der Waals surface area contributed by atoms with Gasteiger partial charge in [-0.3, -0.25) is 0 Å². The second-order valence-corrected chi connectivity index (χ2v) is 7.35. The summed E-state index contributed by atoms with van der Waals surface area (Å²) >= 11 is 6.30. The molecule has 0 saturated heterocycles. The lowest BCUT2D eigenvalue weighted by Gasteiger charge is -2.42. The molecule has 0 amide bonds. The fourth-order valence-corrected chi connectivity index (χ4v) is 3.93. The number of nitrogens with zero attached hydrogens (tertiary/aromatic N) is 2. The minimum Gasteiger partial charge on any atom is -0.351 e. The molecular weight excluding hydrogens is 336 g/mol. The number of nitrogens with one attached hydrogen (secondary N) is 2. The molecule has 1 aromatic carbocycles. The molecule has 25 heavy (non-hydrogen) atoms. The van der Waals surface area contributed by atoms with E-state index >= 15 is 0 Å². The van der Waals surface area contributed by atoms with E-state index in [1.165, 1.54) is 0 Å². The number of anilines is 1. The van der Waals surface area contributed by atoms with E-state index < -0.39 is 5.66 Å². The fraction of sp³-hybridized carbons (Fsp3) is 0.389. The van der Waals surface area contributed by atoms with Gasteiger partial charge in [0.1, 0.15) is 5.66 Å². The van der Waals surface area contributed by atoms with Gasteiger partial charge in [-0.2, -0.15) is 0 Å². The van der Waals surface area contributed by atoms with Crippen LogP contribution in [-0.2, 0) is 0 Å². The van der Waals surface area contributed by atoms with Crippen LogP contribution in [0.2, 0.25) is 5.02 Å². The van der Waals surface area contributed by atoms with Crippen LogP contribution in [0.1, 0.15) is 31.5 Å². The number of aromatic nitrogens is 2. The Morgan fingerprint density at radius 2 is 2.00 bits per heavy atom. The highest BCUT2D eigenvalue weighted by molar-refractivity contribution is 6.33. The minimum absolute atomic E-state index is 0.289. The monoisotopic (exact) mass is 358 g/mol. The van der Waals surface area contributed by atoms with Gasteiger partial charge < -0.3 is 22.2 Å². The first-order valence-corrected chi connectivity index (χ1v) is 9.04. The Labute approximate surface area is 152 Å². The van der Waals surface area contributed by atoms with Crippen molar-refractivity contribution in [2.24, 2.45) is 17.4 Å². The predicted octanol–water partition coefficient (Wildman–Crippen LogP) is 2.72. The number of rotatable bonds is 3. The van der Waals surface area contributed by atoms with Gasteiger partial charge in [0, 0.05) is 24.4 Å². The topological polar surface area (TPSA) is 93.9 Å². The van der Waals surface area contributed by atoms with Crippen molar-refractivity contribution in [1.29, 1.82) is 0 Å². The molecule has 1 aromatic heterocycles. The molecule has 6 N–H and O–H groups in total. The fourth-order valence-electron chi connectivity index (χ4n) is 3.74. The van der Waals surface area contributed by atoms with Crippen LogP contribution in [0.4, 0.5) is 5.69 Å². The van der Waals surface area contributed by atoms with Gasteiger partial charge in [-0.15, -0.1) is 0 Å². The molecule has 2 aromatic rings. The summed E-state index contributed by atoms with van der Waals surface area (Å²) in [6.07, 6.45) is 9.70. The van der Waals surface area contributed by atoms with E-state index in [1.54, 1.807) is 6.20 Å². The van der Waals surface area contributed by atoms with Gasteiger partial charge in [-0.25, -0.2) is 9.66 Å². The Morgan fingerprint density at radius 1 is 1.24 bits per heavy atom. The van der Waals surface area contributed by atoms with Crippen molar-refractivity contribution in [3.05, 3.63) is 53.6 Å². The van der Waals surface area contributed by atoms with Gasteiger partial charge >= 0.3 is 0 Å². The van der Waals surface area contributed by atoms with Gasteiger partial charge in [0.25, 0.3) is 0 Å². The maximum atomic E-state index is 6.79. The lowest BCUT2D eigenvalue weighted by Crippen LogP contribution is -2.58. The predicted molar refractivity (Wildman–Crippen MR) is 101 cm³/mol. The lowest BCUT2D eigenvalue weighted by atomic mass is 9.78. The summed E-state index contributed by atoms with van der Waals surface area (Å²) in [6, 6.07) is 7.94. The second kappa shape index (κ2) is 6.37. The quantitative estimate of drug-likeness (QED) is 0.676. The molecule has 1 saturated carbocycles. The molecule has 132 valence electrons. The molecule has 1 aliphatic carbocycles. The Bertz CT molecular complexity index is 792. The van der Waals surface area contributed by atoms with Crippen LogP contribution < -0.4 is 22.2 Å². The van der Waals surface area contributed by atoms with Gasteiger partial charge in [0.15, 0.2) is 5.82 Å². The van der Waals surface area contributed by atoms with Crippen molar-refractivity contribution in [1.82, 2.24) is 9.66 Å². The van der Waals surface area contributed by atoms with Crippen LogP contribution in [-0.4, -0.2) is 21.4 Å². The Hall–Kier alpha value is -2.02. The standard InChI is InChI=1S/C18H23ClN6/c19-14-3-1-2-4-15(14)23-16-11-18(21,12-5-7-13(20)8-6-12)24-25-10-9-22-17(16)25/h1-4,9-13,23-24H,5-8,20-21H2. The molecule has 0 radical (unpaired) electrons. The van der Waals surface area contributed by atoms with Crippen molar-refractivity contribution in [3.63, 3.8) is 0 Å². The molecule has 2 heterocycles. The molecule has 2 aliphatic rings. The largest absolute Gasteiger partial charge is 0.351 e. The minimum atomic E-state index is -0.655. The van der Waals surface area contributed by atoms with Gasteiger partial charge in [0.05, 0.1) is 16.4 Å². The molecule has 6 nitrogen and oxygen atoms in total. The zero-order valence-corrected chi connectivity index (χ0v) is 14.7. The number of para-hydroxylation sites is 1. The van der Waals surface area contributed by atoms with Crippen molar-refractivity contribution >= 4 is 23.0 Å². The van der Waals surface area contributed by atoms with Gasteiger partial charge in [-0.05, 0) is 43.9 Å². The molecule has 1 atom stereocenters. The highest BCUT2D eigenvalue weighted by Crippen LogP contribution is 2.35. The Kier molecular flexibility index (Phi) is 4.19. The number of fused-ring (bicyclic) bond motifs is 1. The van der Waals surface area contributed by atoms with E-state index in [0.29, 0.717) is 10.9 Å². The highest BCUT2D eigenvalue weighted by Gasteiger charge is 2.39. The normalized spacial score (nSPS) is 28.7. The number of hydrogen-bond donors (Lipinski definition) is 4. The maximum absolute atomic E-state index is 6.79. The SMILES string of the molecule is NC1CCC(C2(N)C=C(Nc3ccccc3Cl)c3nccn3N2)CC1. The van der Waals surface area contributed by atoms with Gasteiger partial charge in [0.2, 0.25) is 0 Å². The molecule has 1 fully saturated rings. The number of benzene rings is 1. The summed E-state index contributed by atoms with van der Waals surface area (Å²) in [7, 11) is 0. The van der Waals surface area contributed by atoms with E-state index in [9.17, 15) is 0 Å². The lowest BCUT2D eigenvalue weighted by molar-refractivity contribution is 0.239. The first-order valence-electron chi connectivity index (χ1n) is 8.66. The molecule has 1 aliphatic heterocycles. The Morgan fingerprint density at radius 3 is 2.76 bits per heavy atom. The third-order valence-electron chi connectivity index (χ3n) is 5.17. The smallest absolute Gasteiger partial charge is 0.174 e. The molecule has 0 spiro atoms. The summed E-state index contributed by atoms with van der Waals surface area (Å²) in [6.45, 7) is 0. The highest BCUT2D eigenvalue weighted by atomic mass is 35.5. The number of imidazole rings is 1. The zero-order valence-electron chi connectivity index (χ0n) is 14.0. The van der Waals surface area contributed by atoms with Crippen LogP contribution >= 0.6 is 11.6 Å². The van der Waals surface area contributed by atoms with E-state index in [0.717, 1.165) is 42.9 Å². The van der Waals surface area contributed by atoms with Crippen LogP contribution in [0.15, 0.2) is 42.7 Å². The molecule has 4 rings (SSSR count). The first kappa shape index (κ1) is 16.4. The Balaban J connectivity index is 1.67. The molecular formula is C18H23ClN6. The zero-order chi connectivity index (χ0) is 17.4. The van der Waals surface area contributed by atoms with Crippen LogP contribution in [0.25, 0.3) is 5.70 Å². The molecule has 7 heteroatoms.